The number of nitrogens with zero attached hydrogens (tertiary/aromatic N) is 1. The summed E-state index contributed by atoms with van der Waals surface area (Å²) < 4.78 is 5.66. The van der Waals surface area contributed by atoms with Crippen LogP contribution in [-0.4, -0.2) is 59.3 Å². The minimum Gasteiger partial charge on any atom is -0.473 e. The molecule has 0 saturated heterocycles. The fraction of sp³-hybridized carbons (Fsp3) is 0.346. The molecule has 0 spiro atoms. The van der Waals surface area contributed by atoms with Gasteiger partial charge in [0.2, 0.25) is 0 Å². The minimum atomic E-state index is -1.82. The smallest absolute Gasteiger partial charge is 0.414 e. The molecule has 0 aromatic heterocycles. The monoisotopic (exact) mass is 453 g/mol. The summed E-state index contributed by atoms with van der Waals surface area (Å²) in [5.41, 5.74) is 3.57. The van der Waals surface area contributed by atoms with Gasteiger partial charge in [-0.15, -0.1) is 0 Å². The fourth-order valence-electron chi connectivity index (χ4n) is 3.56. The highest BCUT2D eigenvalue weighted by molar-refractivity contribution is 6.27. The van der Waals surface area contributed by atoms with Crippen molar-refractivity contribution in [3.8, 4) is 0 Å². The van der Waals surface area contributed by atoms with Crippen LogP contribution in [0.3, 0.4) is 0 Å². The Morgan fingerprint density at radius 1 is 0.939 bits per heavy atom. The molecule has 1 unspecified atom stereocenters. The Kier molecular flexibility index (Phi) is 10.8. The van der Waals surface area contributed by atoms with Gasteiger partial charge in [-0.05, 0) is 42.5 Å². The molecule has 1 aliphatic heterocycles. The first kappa shape index (κ1) is 25.8. The number of aliphatic carboxylic acids is 2. The quantitative estimate of drug-likeness (QED) is 0.356. The van der Waals surface area contributed by atoms with E-state index in [0.717, 1.165) is 50.0 Å². The molecular formula is C26H31NO6. The third kappa shape index (κ3) is 8.90. The van der Waals surface area contributed by atoms with Crippen LogP contribution in [0.2, 0.25) is 0 Å². The summed E-state index contributed by atoms with van der Waals surface area (Å²) in [6.07, 6.45) is 5.14. The maximum absolute atomic E-state index is 12.8. The van der Waals surface area contributed by atoms with Crippen molar-refractivity contribution in [1.82, 2.24) is 4.90 Å². The number of carboxylic acids is 2. The van der Waals surface area contributed by atoms with Gasteiger partial charge in [-0.1, -0.05) is 73.7 Å². The zero-order valence-electron chi connectivity index (χ0n) is 18.9. The molecule has 0 aliphatic carbocycles. The lowest BCUT2D eigenvalue weighted by molar-refractivity contribution is -0.159. The predicted molar refractivity (Wildman–Crippen MR) is 126 cm³/mol. The van der Waals surface area contributed by atoms with E-state index in [1.54, 1.807) is 0 Å². The third-order valence-electron chi connectivity index (χ3n) is 5.35. The molecule has 0 bridgehead atoms. The molecule has 1 aliphatic rings. The van der Waals surface area contributed by atoms with Gasteiger partial charge in [-0.25, -0.2) is 9.59 Å². The number of unbranched alkanes of at least 4 members (excludes halogenated alkanes) is 1. The first-order chi connectivity index (χ1) is 15.9. The Balaban J connectivity index is 0.000000569. The number of carbonyl (C=O) groups excluding carboxylic acids is 1. The van der Waals surface area contributed by atoms with Gasteiger partial charge in [-0.3, -0.25) is 9.69 Å². The number of esters is 1. The minimum absolute atomic E-state index is 0.0945. The predicted octanol–water partition coefficient (Wildman–Crippen LogP) is 3.74. The summed E-state index contributed by atoms with van der Waals surface area (Å²) >= 11 is 0. The average molecular weight is 454 g/mol. The van der Waals surface area contributed by atoms with Crippen LogP contribution in [0.4, 0.5) is 0 Å². The van der Waals surface area contributed by atoms with E-state index in [-0.39, 0.29) is 11.9 Å². The SMILES string of the molecule is CCN1CC=C(c2ccccc2)C(C(=O)OCCCCc2ccccc2)C1.O=C(O)C(=O)O. The standard InChI is InChI=1S/C24H29NO2.C2H2O4/c1-2-25-17-16-22(21-14-7-4-8-15-21)23(19-25)24(26)27-18-10-9-13-20-11-5-3-6-12-20;3-1(4)2(5)6/h3-8,11-12,14-16,23H,2,9-10,13,17-19H2,1H3;(H,3,4)(H,5,6). The van der Waals surface area contributed by atoms with E-state index in [1.165, 1.54) is 5.56 Å². The summed E-state index contributed by atoms with van der Waals surface area (Å²) in [6.45, 7) is 5.20. The molecule has 2 aromatic rings. The van der Waals surface area contributed by atoms with Crippen LogP contribution in [0.5, 0.6) is 0 Å². The van der Waals surface area contributed by atoms with Crippen molar-refractivity contribution < 1.29 is 29.3 Å². The molecular weight excluding hydrogens is 422 g/mol. The van der Waals surface area contributed by atoms with Crippen LogP contribution < -0.4 is 0 Å². The number of likely N-dealkylation sites (N-methyl/N-ethyl adjacent to an activating group) is 1. The zero-order chi connectivity index (χ0) is 24.1. The Hall–Kier alpha value is -3.45. The average Bonchev–Trinajstić information content (AvgIpc) is 2.84. The second kappa shape index (κ2) is 13.9. The first-order valence-electron chi connectivity index (χ1n) is 11.1. The van der Waals surface area contributed by atoms with E-state index in [1.807, 2.05) is 24.3 Å². The lowest BCUT2D eigenvalue weighted by Crippen LogP contribution is -2.38. The van der Waals surface area contributed by atoms with E-state index in [2.05, 4.69) is 54.3 Å². The van der Waals surface area contributed by atoms with Crippen LogP contribution in [0.25, 0.3) is 5.57 Å². The molecule has 0 saturated carbocycles. The van der Waals surface area contributed by atoms with Gasteiger partial charge in [0, 0.05) is 13.1 Å². The van der Waals surface area contributed by atoms with Crippen molar-refractivity contribution in [2.75, 3.05) is 26.2 Å². The normalized spacial score (nSPS) is 15.5. The highest BCUT2D eigenvalue weighted by Gasteiger charge is 2.30. The molecule has 0 fully saturated rings. The van der Waals surface area contributed by atoms with E-state index >= 15 is 0 Å². The molecule has 0 radical (unpaired) electrons. The molecule has 7 heteroatoms. The number of carbonyl (C=O) groups is 3. The molecule has 2 aromatic carbocycles. The highest BCUT2D eigenvalue weighted by atomic mass is 16.5. The van der Waals surface area contributed by atoms with Crippen LogP contribution in [0.1, 0.15) is 30.9 Å². The molecule has 176 valence electrons. The topological polar surface area (TPSA) is 104 Å². The molecule has 33 heavy (non-hydrogen) atoms. The molecule has 1 atom stereocenters. The third-order valence-corrected chi connectivity index (χ3v) is 5.35. The number of rotatable bonds is 8. The van der Waals surface area contributed by atoms with Crippen LogP contribution >= 0.6 is 0 Å². The molecule has 7 nitrogen and oxygen atoms in total. The maximum atomic E-state index is 12.8. The molecule has 0 amide bonds. The maximum Gasteiger partial charge on any atom is 0.414 e. The van der Waals surface area contributed by atoms with Crippen LogP contribution in [0, 0.1) is 5.92 Å². The molecule has 3 rings (SSSR count). The van der Waals surface area contributed by atoms with Crippen molar-refractivity contribution in [1.29, 1.82) is 0 Å². The Bertz CT molecular complexity index is 914. The van der Waals surface area contributed by atoms with Crippen molar-refractivity contribution in [3.63, 3.8) is 0 Å². The van der Waals surface area contributed by atoms with E-state index < -0.39 is 11.9 Å². The van der Waals surface area contributed by atoms with Gasteiger partial charge < -0.3 is 14.9 Å². The second-order valence-electron chi connectivity index (χ2n) is 7.65. The number of ether oxygens (including phenoxy) is 1. The van der Waals surface area contributed by atoms with E-state index in [0.29, 0.717) is 6.61 Å². The van der Waals surface area contributed by atoms with Crippen LogP contribution in [0.15, 0.2) is 66.7 Å². The Labute approximate surface area is 194 Å². The summed E-state index contributed by atoms with van der Waals surface area (Å²) in [4.78, 5) is 33.3. The highest BCUT2D eigenvalue weighted by Crippen LogP contribution is 2.29. The number of hydrogen-bond donors (Lipinski definition) is 2. The van der Waals surface area contributed by atoms with Gasteiger partial charge in [0.25, 0.3) is 0 Å². The number of aryl methyl sites for hydroxylation is 1. The van der Waals surface area contributed by atoms with E-state index in [4.69, 9.17) is 24.5 Å². The Morgan fingerprint density at radius 2 is 1.55 bits per heavy atom. The van der Waals surface area contributed by atoms with Gasteiger partial charge in [0.15, 0.2) is 0 Å². The van der Waals surface area contributed by atoms with E-state index in [9.17, 15) is 4.79 Å². The molecule has 2 N–H and O–H groups in total. The zero-order valence-corrected chi connectivity index (χ0v) is 18.9. The van der Waals surface area contributed by atoms with Gasteiger partial charge in [0.1, 0.15) is 0 Å². The summed E-state index contributed by atoms with van der Waals surface area (Å²) in [5.74, 6) is -3.94. The lowest BCUT2D eigenvalue weighted by atomic mass is 9.89. The summed E-state index contributed by atoms with van der Waals surface area (Å²) in [7, 11) is 0. The van der Waals surface area contributed by atoms with Crippen molar-refractivity contribution >= 4 is 23.5 Å². The van der Waals surface area contributed by atoms with Crippen molar-refractivity contribution in [3.05, 3.63) is 77.9 Å². The van der Waals surface area contributed by atoms with Crippen LogP contribution in [-0.2, 0) is 25.5 Å². The summed E-state index contributed by atoms with van der Waals surface area (Å²) in [5, 5.41) is 14.8. The van der Waals surface area contributed by atoms with Crippen molar-refractivity contribution in [2.45, 2.75) is 26.2 Å². The van der Waals surface area contributed by atoms with Gasteiger partial charge >= 0.3 is 17.9 Å². The number of carboxylic acid groups (broad SMARTS) is 2. The largest absolute Gasteiger partial charge is 0.473 e. The number of benzene rings is 2. The van der Waals surface area contributed by atoms with Gasteiger partial charge in [0.05, 0.1) is 12.5 Å². The Morgan fingerprint density at radius 3 is 2.12 bits per heavy atom. The lowest BCUT2D eigenvalue weighted by Gasteiger charge is -2.31. The number of hydrogen-bond acceptors (Lipinski definition) is 5. The molecule has 1 heterocycles. The van der Waals surface area contributed by atoms with Gasteiger partial charge in [-0.2, -0.15) is 0 Å². The summed E-state index contributed by atoms with van der Waals surface area (Å²) in [6, 6.07) is 20.7. The fourth-order valence-corrected chi connectivity index (χ4v) is 3.56. The second-order valence-corrected chi connectivity index (χ2v) is 7.65. The van der Waals surface area contributed by atoms with Crippen molar-refractivity contribution in [2.24, 2.45) is 5.92 Å². The first-order valence-corrected chi connectivity index (χ1v) is 11.1.